The topological polar surface area (TPSA) is 12.9 Å². The minimum absolute atomic E-state index is 1.06. The summed E-state index contributed by atoms with van der Waals surface area (Å²) < 4.78 is 0. The number of unbranched alkanes of at least 4 members (excludes halogenated alkanes) is 11. The summed E-state index contributed by atoms with van der Waals surface area (Å²) >= 11 is 3.47. The van der Waals surface area contributed by atoms with Gasteiger partial charge in [0.1, 0.15) is 0 Å². The molecule has 1 heterocycles. The molecule has 2 heteroatoms. The average Bonchev–Trinajstić information content (AvgIpc) is 2.67. The number of hydrogen-bond acceptors (Lipinski definition) is 1. The number of halogens is 1. The van der Waals surface area contributed by atoms with Crippen molar-refractivity contribution in [1.82, 2.24) is 4.98 Å². The first-order chi connectivity index (χ1) is 12.4. The van der Waals surface area contributed by atoms with E-state index in [1.165, 1.54) is 87.8 Å². The van der Waals surface area contributed by atoms with Crippen LogP contribution in [0.4, 0.5) is 0 Å². The van der Waals surface area contributed by atoms with E-state index in [2.05, 4.69) is 40.0 Å². The van der Waals surface area contributed by atoms with Crippen LogP contribution in [0.25, 0.3) is 10.9 Å². The number of rotatable bonds is 12. The molecule has 0 aliphatic rings. The number of pyridine rings is 1. The third kappa shape index (κ3) is 12.2. The molecular formula is C23H36BrN. The third-order valence-corrected chi connectivity index (χ3v) is 5.06. The van der Waals surface area contributed by atoms with Crippen LogP contribution in [0, 0.1) is 0 Å². The first kappa shape index (κ1) is 22.2. The Morgan fingerprint density at radius 2 is 1.20 bits per heavy atom. The van der Waals surface area contributed by atoms with E-state index < -0.39 is 0 Å². The number of benzene rings is 1. The minimum atomic E-state index is 1.06. The van der Waals surface area contributed by atoms with Crippen LogP contribution in [-0.4, -0.2) is 10.3 Å². The Hall–Kier alpha value is -0.890. The van der Waals surface area contributed by atoms with Crippen molar-refractivity contribution in [2.45, 2.75) is 84.0 Å². The Labute approximate surface area is 163 Å². The Bertz CT molecular complexity index is 449. The molecule has 0 bridgehead atoms. The van der Waals surface area contributed by atoms with Crippen molar-refractivity contribution in [2.75, 3.05) is 5.33 Å². The number of hydrogen-bond donors (Lipinski definition) is 0. The first-order valence-corrected chi connectivity index (χ1v) is 11.4. The SMILES string of the molecule is CCCCCCCCCCCCCCBr.c1ccc2ncccc2c1. The molecule has 0 aliphatic carbocycles. The van der Waals surface area contributed by atoms with E-state index in [9.17, 15) is 0 Å². The van der Waals surface area contributed by atoms with Crippen molar-refractivity contribution in [1.29, 1.82) is 0 Å². The zero-order valence-electron chi connectivity index (χ0n) is 16.1. The summed E-state index contributed by atoms with van der Waals surface area (Å²) in [6.45, 7) is 2.28. The van der Waals surface area contributed by atoms with Gasteiger partial charge in [0.05, 0.1) is 5.52 Å². The summed E-state index contributed by atoms with van der Waals surface area (Å²) in [6, 6.07) is 12.1. The highest BCUT2D eigenvalue weighted by atomic mass is 79.9. The molecule has 0 N–H and O–H groups in total. The number of alkyl halides is 1. The highest BCUT2D eigenvalue weighted by molar-refractivity contribution is 9.09. The number of nitrogens with zero attached hydrogens (tertiary/aromatic N) is 1. The Morgan fingerprint density at radius 1 is 0.680 bits per heavy atom. The lowest BCUT2D eigenvalue weighted by Gasteiger charge is -2.01. The molecule has 1 nitrogen and oxygen atoms in total. The fourth-order valence-electron chi connectivity index (χ4n) is 2.95. The second-order valence-electron chi connectivity index (χ2n) is 6.77. The summed E-state index contributed by atoms with van der Waals surface area (Å²) in [5.41, 5.74) is 1.06. The Morgan fingerprint density at radius 3 is 1.76 bits per heavy atom. The largest absolute Gasteiger partial charge is 0.256 e. The molecule has 1 aromatic carbocycles. The number of fused-ring (bicyclic) bond motifs is 1. The second-order valence-corrected chi connectivity index (χ2v) is 7.57. The van der Waals surface area contributed by atoms with Crippen LogP contribution >= 0.6 is 15.9 Å². The Balaban J connectivity index is 0.000000267. The van der Waals surface area contributed by atoms with E-state index in [-0.39, 0.29) is 0 Å². The van der Waals surface area contributed by atoms with Crippen LogP contribution in [0.3, 0.4) is 0 Å². The molecule has 0 aliphatic heterocycles. The molecule has 0 saturated carbocycles. The lowest BCUT2D eigenvalue weighted by molar-refractivity contribution is 0.548. The van der Waals surface area contributed by atoms with Gasteiger partial charge in [0, 0.05) is 16.9 Å². The first-order valence-electron chi connectivity index (χ1n) is 10.2. The molecule has 1 aromatic heterocycles. The summed E-state index contributed by atoms with van der Waals surface area (Å²) in [5.74, 6) is 0. The molecule has 0 spiro atoms. The summed E-state index contributed by atoms with van der Waals surface area (Å²) in [5, 5.41) is 2.38. The maximum atomic E-state index is 4.18. The fourth-order valence-corrected chi connectivity index (χ4v) is 3.35. The van der Waals surface area contributed by atoms with E-state index in [1.807, 2.05) is 30.5 Å². The maximum absolute atomic E-state index is 4.18. The van der Waals surface area contributed by atoms with Gasteiger partial charge in [-0.25, -0.2) is 0 Å². The van der Waals surface area contributed by atoms with Crippen molar-refractivity contribution in [3.05, 3.63) is 42.6 Å². The number of para-hydroxylation sites is 1. The zero-order chi connectivity index (χ0) is 18.0. The molecular weight excluding hydrogens is 370 g/mol. The molecule has 0 radical (unpaired) electrons. The van der Waals surface area contributed by atoms with Crippen LogP contribution < -0.4 is 0 Å². The summed E-state index contributed by atoms with van der Waals surface area (Å²) in [6.07, 6.45) is 19.1. The molecule has 0 unspecified atom stereocenters. The predicted molar refractivity (Wildman–Crippen MR) is 117 cm³/mol. The highest BCUT2D eigenvalue weighted by Crippen LogP contribution is 2.12. The quantitative estimate of drug-likeness (QED) is 0.255. The standard InChI is InChI=1S/C14H29Br.C9H7N/c1-2-3-4-5-6-7-8-9-10-11-12-13-14-15;1-2-6-9-8(4-1)5-3-7-10-9/h2-14H2,1H3;1-7H. The van der Waals surface area contributed by atoms with Gasteiger partial charge in [-0.05, 0) is 18.6 Å². The molecule has 2 rings (SSSR count). The van der Waals surface area contributed by atoms with Crippen molar-refractivity contribution < 1.29 is 0 Å². The second kappa shape index (κ2) is 16.6. The molecule has 140 valence electrons. The lowest BCUT2D eigenvalue weighted by Crippen LogP contribution is -1.82. The van der Waals surface area contributed by atoms with Crippen molar-refractivity contribution in [3.63, 3.8) is 0 Å². The molecule has 0 amide bonds. The fraction of sp³-hybridized carbons (Fsp3) is 0.609. The van der Waals surface area contributed by atoms with Crippen LogP contribution in [0.1, 0.15) is 84.0 Å². The van der Waals surface area contributed by atoms with E-state index in [1.54, 1.807) is 0 Å². The van der Waals surface area contributed by atoms with Gasteiger partial charge in [-0.2, -0.15) is 0 Å². The van der Waals surface area contributed by atoms with E-state index >= 15 is 0 Å². The van der Waals surface area contributed by atoms with Crippen molar-refractivity contribution >= 4 is 26.8 Å². The van der Waals surface area contributed by atoms with Gasteiger partial charge in [0.15, 0.2) is 0 Å². The normalized spacial score (nSPS) is 10.5. The molecule has 25 heavy (non-hydrogen) atoms. The number of aromatic nitrogens is 1. The van der Waals surface area contributed by atoms with Gasteiger partial charge in [0.2, 0.25) is 0 Å². The van der Waals surface area contributed by atoms with Gasteiger partial charge >= 0.3 is 0 Å². The van der Waals surface area contributed by atoms with Gasteiger partial charge in [-0.3, -0.25) is 4.98 Å². The summed E-state index contributed by atoms with van der Waals surface area (Å²) in [7, 11) is 0. The van der Waals surface area contributed by atoms with Crippen molar-refractivity contribution in [2.24, 2.45) is 0 Å². The molecule has 0 saturated heterocycles. The van der Waals surface area contributed by atoms with Gasteiger partial charge < -0.3 is 0 Å². The van der Waals surface area contributed by atoms with Crippen LogP contribution in [0.15, 0.2) is 42.6 Å². The van der Waals surface area contributed by atoms with E-state index in [0.29, 0.717) is 0 Å². The van der Waals surface area contributed by atoms with Gasteiger partial charge in [0.25, 0.3) is 0 Å². The van der Waals surface area contributed by atoms with Gasteiger partial charge in [-0.1, -0.05) is 118 Å². The van der Waals surface area contributed by atoms with E-state index in [4.69, 9.17) is 0 Å². The lowest BCUT2D eigenvalue weighted by atomic mass is 10.1. The van der Waals surface area contributed by atoms with Crippen LogP contribution in [-0.2, 0) is 0 Å². The van der Waals surface area contributed by atoms with Crippen molar-refractivity contribution in [3.8, 4) is 0 Å². The average molecular weight is 406 g/mol. The van der Waals surface area contributed by atoms with Crippen LogP contribution in [0.5, 0.6) is 0 Å². The summed E-state index contributed by atoms with van der Waals surface area (Å²) in [4.78, 5) is 4.18. The minimum Gasteiger partial charge on any atom is -0.256 e. The zero-order valence-corrected chi connectivity index (χ0v) is 17.6. The molecule has 0 atom stereocenters. The highest BCUT2D eigenvalue weighted by Gasteiger charge is 1.92. The Kier molecular flexibility index (Phi) is 14.7. The molecule has 2 aromatic rings. The monoisotopic (exact) mass is 405 g/mol. The predicted octanol–water partition coefficient (Wildman–Crippen LogP) is 8.32. The molecule has 0 fully saturated rings. The smallest absolute Gasteiger partial charge is 0.0701 e. The van der Waals surface area contributed by atoms with Crippen LogP contribution in [0.2, 0.25) is 0 Å². The van der Waals surface area contributed by atoms with E-state index in [0.717, 1.165) is 5.52 Å². The third-order valence-electron chi connectivity index (χ3n) is 4.50. The van der Waals surface area contributed by atoms with Gasteiger partial charge in [-0.15, -0.1) is 0 Å². The maximum Gasteiger partial charge on any atom is 0.0701 e.